The molecule has 2 aromatic rings. The van der Waals surface area contributed by atoms with Gasteiger partial charge in [0.15, 0.2) is 0 Å². The SMILES string of the molecule is CCCNC(c1cc(C)c(Br)s1)c1cc(C)ccc1F. The van der Waals surface area contributed by atoms with E-state index in [1.54, 1.807) is 17.4 Å². The Hall–Kier alpha value is -0.710. The Labute approximate surface area is 132 Å². The summed E-state index contributed by atoms with van der Waals surface area (Å²) in [6.45, 7) is 7.04. The van der Waals surface area contributed by atoms with E-state index < -0.39 is 0 Å². The predicted octanol–water partition coefficient (Wildman–Crippen LogP) is 5.36. The van der Waals surface area contributed by atoms with Crippen molar-refractivity contribution in [2.45, 2.75) is 33.2 Å². The van der Waals surface area contributed by atoms with E-state index in [0.717, 1.165) is 32.8 Å². The minimum atomic E-state index is -0.147. The molecule has 0 saturated carbocycles. The molecule has 0 saturated heterocycles. The number of aryl methyl sites for hydroxylation is 2. The van der Waals surface area contributed by atoms with Gasteiger partial charge >= 0.3 is 0 Å². The summed E-state index contributed by atoms with van der Waals surface area (Å²) >= 11 is 5.22. The molecule has 1 aromatic heterocycles. The monoisotopic (exact) mass is 355 g/mol. The molecule has 0 amide bonds. The fourth-order valence-electron chi connectivity index (χ4n) is 2.16. The quantitative estimate of drug-likeness (QED) is 0.761. The maximum Gasteiger partial charge on any atom is 0.128 e. The van der Waals surface area contributed by atoms with E-state index in [2.05, 4.69) is 41.2 Å². The number of thiophene rings is 1. The summed E-state index contributed by atoms with van der Waals surface area (Å²) in [6.07, 6.45) is 1.02. The van der Waals surface area contributed by atoms with E-state index >= 15 is 0 Å². The van der Waals surface area contributed by atoms with Crippen molar-refractivity contribution in [1.29, 1.82) is 0 Å². The Morgan fingerprint density at radius 2 is 2.05 bits per heavy atom. The van der Waals surface area contributed by atoms with Crippen molar-refractivity contribution in [3.05, 3.63) is 55.4 Å². The predicted molar refractivity (Wildman–Crippen MR) is 88.0 cm³/mol. The molecule has 108 valence electrons. The zero-order chi connectivity index (χ0) is 14.7. The molecule has 0 bridgehead atoms. The average molecular weight is 356 g/mol. The molecule has 1 unspecified atom stereocenters. The second-order valence-corrected chi connectivity index (χ2v) is 7.42. The molecule has 1 heterocycles. The highest BCUT2D eigenvalue weighted by molar-refractivity contribution is 9.11. The molecule has 0 aliphatic heterocycles. The zero-order valence-electron chi connectivity index (χ0n) is 12.0. The Bertz CT molecular complexity index is 575. The normalized spacial score (nSPS) is 12.7. The highest BCUT2D eigenvalue weighted by Crippen LogP contribution is 2.35. The van der Waals surface area contributed by atoms with Crippen LogP contribution in [0, 0.1) is 19.7 Å². The maximum absolute atomic E-state index is 14.2. The second-order valence-electron chi connectivity index (χ2n) is 5.02. The lowest BCUT2D eigenvalue weighted by atomic mass is 10.0. The van der Waals surface area contributed by atoms with Crippen LogP contribution in [0.1, 0.15) is 41.0 Å². The Morgan fingerprint density at radius 3 is 2.65 bits per heavy atom. The van der Waals surface area contributed by atoms with Crippen LogP contribution in [0.5, 0.6) is 0 Å². The summed E-state index contributed by atoms with van der Waals surface area (Å²) in [5.74, 6) is -0.147. The lowest BCUT2D eigenvalue weighted by Crippen LogP contribution is -2.23. The van der Waals surface area contributed by atoms with E-state index in [4.69, 9.17) is 0 Å². The minimum absolute atomic E-state index is 0.0788. The topological polar surface area (TPSA) is 12.0 Å². The van der Waals surface area contributed by atoms with Crippen molar-refractivity contribution >= 4 is 27.3 Å². The van der Waals surface area contributed by atoms with Crippen LogP contribution in [0.15, 0.2) is 28.1 Å². The van der Waals surface area contributed by atoms with Crippen LogP contribution in [0.4, 0.5) is 4.39 Å². The van der Waals surface area contributed by atoms with Crippen LogP contribution in [-0.4, -0.2) is 6.54 Å². The highest BCUT2D eigenvalue weighted by atomic mass is 79.9. The molecule has 0 aliphatic rings. The summed E-state index contributed by atoms with van der Waals surface area (Å²) in [5.41, 5.74) is 3.01. The van der Waals surface area contributed by atoms with Crippen molar-refractivity contribution in [2.24, 2.45) is 0 Å². The van der Waals surface area contributed by atoms with Crippen molar-refractivity contribution in [3.63, 3.8) is 0 Å². The third-order valence-electron chi connectivity index (χ3n) is 3.22. The molecule has 4 heteroatoms. The number of benzene rings is 1. The standard InChI is InChI=1S/C16H19BrFNS/c1-4-7-19-15(14-9-11(3)16(17)20-14)12-8-10(2)5-6-13(12)18/h5-6,8-9,15,19H,4,7H2,1-3H3. The molecule has 1 nitrogen and oxygen atoms in total. The third-order valence-corrected chi connectivity index (χ3v) is 5.42. The van der Waals surface area contributed by atoms with Gasteiger partial charge in [0.2, 0.25) is 0 Å². The van der Waals surface area contributed by atoms with E-state index in [0.29, 0.717) is 0 Å². The first-order valence-electron chi connectivity index (χ1n) is 6.78. The van der Waals surface area contributed by atoms with E-state index in [1.165, 1.54) is 5.56 Å². The van der Waals surface area contributed by atoms with Crippen LogP contribution in [-0.2, 0) is 0 Å². The second kappa shape index (κ2) is 6.83. The first-order chi connectivity index (χ1) is 9.52. The van der Waals surface area contributed by atoms with Crippen molar-refractivity contribution in [2.75, 3.05) is 6.54 Å². The van der Waals surface area contributed by atoms with Gasteiger partial charge < -0.3 is 5.32 Å². The third kappa shape index (κ3) is 3.48. The fourth-order valence-corrected chi connectivity index (χ4v) is 3.83. The molecule has 20 heavy (non-hydrogen) atoms. The minimum Gasteiger partial charge on any atom is -0.306 e. The van der Waals surface area contributed by atoms with Crippen LogP contribution in [0.2, 0.25) is 0 Å². The van der Waals surface area contributed by atoms with Crippen LogP contribution in [0.3, 0.4) is 0 Å². The van der Waals surface area contributed by atoms with E-state index in [1.807, 2.05) is 19.1 Å². The molecule has 1 atom stereocenters. The van der Waals surface area contributed by atoms with Gasteiger partial charge in [-0.2, -0.15) is 0 Å². The molecule has 1 N–H and O–H groups in total. The fraction of sp³-hybridized carbons (Fsp3) is 0.375. The number of rotatable bonds is 5. The molecule has 1 aromatic carbocycles. The van der Waals surface area contributed by atoms with Gasteiger partial charge in [-0.1, -0.05) is 24.6 Å². The molecule has 0 fully saturated rings. The smallest absolute Gasteiger partial charge is 0.128 e. The van der Waals surface area contributed by atoms with Crippen LogP contribution >= 0.6 is 27.3 Å². The first-order valence-corrected chi connectivity index (χ1v) is 8.39. The maximum atomic E-state index is 14.2. The van der Waals surface area contributed by atoms with Crippen molar-refractivity contribution < 1.29 is 4.39 Å². The summed E-state index contributed by atoms with van der Waals surface area (Å²) in [4.78, 5) is 1.15. The van der Waals surface area contributed by atoms with Crippen LogP contribution < -0.4 is 5.32 Å². The van der Waals surface area contributed by atoms with E-state index in [-0.39, 0.29) is 11.9 Å². The van der Waals surface area contributed by atoms with E-state index in [9.17, 15) is 4.39 Å². The van der Waals surface area contributed by atoms with Gasteiger partial charge in [-0.3, -0.25) is 0 Å². The molecule has 0 radical (unpaired) electrons. The number of nitrogens with one attached hydrogen (secondary N) is 1. The molecular formula is C16H19BrFNS. The zero-order valence-corrected chi connectivity index (χ0v) is 14.4. The van der Waals surface area contributed by atoms with Crippen molar-refractivity contribution in [3.8, 4) is 0 Å². The number of hydrogen-bond donors (Lipinski definition) is 1. The van der Waals surface area contributed by atoms with Crippen LogP contribution in [0.25, 0.3) is 0 Å². The highest BCUT2D eigenvalue weighted by Gasteiger charge is 2.20. The number of hydrogen-bond acceptors (Lipinski definition) is 2. The van der Waals surface area contributed by atoms with Gasteiger partial charge in [0.25, 0.3) is 0 Å². The largest absolute Gasteiger partial charge is 0.306 e. The average Bonchev–Trinajstić information content (AvgIpc) is 2.74. The summed E-state index contributed by atoms with van der Waals surface area (Å²) in [5, 5.41) is 3.46. The summed E-state index contributed by atoms with van der Waals surface area (Å²) in [7, 11) is 0. The van der Waals surface area contributed by atoms with Gasteiger partial charge in [-0.15, -0.1) is 11.3 Å². The number of halogens is 2. The Morgan fingerprint density at radius 1 is 1.30 bits per heavy atom. The lowest BCUT2D eigenvalue weighted by molar-refractivity contribution is 0.550. The first kappa shape index (κ1) is 15.7. The van der Waals surface area contributed by atoms with Gasteiger partial charge in [0.05, 0.1) is 9.83 Å². The summed E-state index contributed by atoms with van der Waals surface area (Å²) in [6, 6.07) is 7.35. The lowest BCUT2D eigenvalue weighted by Gasteiger charge is -2.19. The summed E-state index contributed by atoms with van der Waals surface area (Å²) < 4.78 is 15.3. The van der Waals surface area contributed by atoms with Gasteiger partial charge in [-0.25, -0.2) is 4.39 Å². The molecule has 0 spiro atoms. The molecular weight excluding hydrogens is 337 g/mol. The van der Waals surface area contributed by atoms with Crippen molar-refractivity contribution in [1.82, 2.24) is 5.32 Å². The van der Waals surface area contributed by atoms with Gasteiger partial charge in [-0.05, 0) is 60.4 Å². The van der Waals surface area contributed by atoms with Gasteiger partial charge in [0.1, 0.15) is 5.82 Å². The molecule has 2 rings (SSSR count). The van der Waals surface area contributed by atoms with Gasteiger partial charge in [0, 0.05) is 10.4 Å². The Kier molecular flexibility index (Phi) is 5.35. The Balaban J connectivity index is 2.43. The molecule has 0 aliphatic carbocycles.